The van der Waals surface area contributed by atoms with Crippen molar-refractivity contribution >= 4 is 5.91 Å². The van der Waals surface area contributed by atoms with Crippen molar-refractivity contribution in [2.45, 2.75) is 57.4 Å². The lowest BCUT2D eigenvalue weighted by molar-refractivity contribution is -0.209. The molecule has 1 amide bonds. The lowest BCUT2D eigenvalue weighted by atomic mass is 9.99. The lowest BCUT2D eigenvalue weighted by Crippen LogP contribution is -2.45. The number of fused-ring (bicyclic) bond motifs is 1. The van der Waals surface area contributed by atoms with Gasteiger partial charge in [0.2, 0.25) is 5.79 Å². The molecule has 0 aromatic heterocycles. The molecule has 0 spiro atoms. The number of hydrogen-bond donors (Lipinski definition) is 1. The highest BCUT2D eigenvalue weighted by Gasteiger charge is 2.60. The Morgan fingerprint density at radius 3 is 2.27 bits per heavy atom. The number of rotatable bonds is 1. The number of carbonyl (C=O) groups excluding carboxylic acids is 1. The molecule has 0 aliphatic carbocycles. The van der Waals surface area contributed by atoms with Gasteiger partial charge in [0.25, 0.3) is 5.91 Å². The summed E-state index contributed by atoms with van der Waals surface area (Å²) in [6.07, 6.45) is -0.561. The SMILES string of the molecule is CC1OC(C)(C)C2OC(C)(C(N)=O)OC12. The van der Waals surface area contributed by atoms with Crippen LogP contribution in [0.1, 0.15) is 27.7 Å². The zero-order chi connectivity index (χ0) is 11.4. The van der Waals surface area contributed by atoms with Gasteiger partial charge in [-0.15, -0.1) is 0 Å². The van der Waals surface area contributed by atoms with E-state index in [-0.39, 0.29) is 18.3 Å². The number of ether oxygens (including phenoxy) is 3. The van der Waals surface area contributed by atoms with Gasteiger partial charge in [0, 0.05) is 0 Å². The highest BCUT2D eigenvalue weighted by Crippen LogP contribution is 2.43. The van der Waals surface area contributed by atoms with Crippen LogP contribution in [0.5, 0.6) is 0 Å². The van der Waals surface area contributed by atoms with Crippen LogP contribution >= 0.6 is 0 Å². The van der Waals surface area contributed by atoms with Gasteiger partial charge in [-0.05, 0) is 27.7 Å². The molecule has 2 saturated heterocycles. The minimum atomic E-state index is -1.31. The fraction of sp³-hybridized carbons (Fsp3) is 0.900. The second kappa shape index (κ2) is 2.93. The summed E-state index contributed by atoms with van der Waals surface area (Å²) < 4.78 is 16.8. The van der Waals surface area contributed by atoms with Crippen LogP contribution in [0, 0.1) is 0 Å². The Hall–Kier alpha value is -0.650. The first kappa shape index (κ1) is 10.9. The standard InChI is InChI=1S/C10H17NO4/c1-5-6-7(9(2,3)13-5)15-10(4,14-6)8(11)12/h5-7H,1-4H3,(H2,11,12). The monoisotopic (exact) mass is 215 g/mol. The Balaban J connectivity index is 2.25. The van der Waals surface area contributed by atoms with Crippen molar-refractivity contribution in [1.29, 1.82) is 0 Å². The summed E-state index contributed by atoms with van der Waals surface area (Å²) in [5.74, 6) is -1.91. The van der Waals surface area contributed by atoms with E-state index in [0.29, 0.717) is 0 Å². The average molecular weight is 215 g/mol. The Bertz CT molecular complexity index is 304. The van der Waals surface area contributed by atoms with E-state index in [4.69, 9.17) is 19.9 Å². The summed E-state index contributed by atoms with van der Waals surface area (Å²) in [6, 6.07) is 0. The molecule has 0 saturated carbocycles. The molecule has 2 heterocycles. The summed E-state index contributed by atoms with van der Waals surface area (Å²) >= 11 is 0. The summed E-state index contributed by atoms with van der Waals surface area (Å²) in [7, 11) is 0. The van der Waals surface area contributed by atoms with Crippen molar-refractivity contribution in [3.05, 3.63) is 0 Å². The Morgan fingerprint density at radius 2 is 1.80 bits per heavy atom. The first-order chi connectivity index (χ1) is 6.76. The predicted molar refractivity (Wildman–Crippen MR) is 52.0 cm³/mol. The number of carbonyl (C=O) groups is 1. The largest absolute Gasteiger partial charge is 0.367 e. The quantitative estimate of drug-likeness (QED) is 0.676. The zero-order valence-electron chi connectivity index (χ0n) is 9.44. The van der Waals surface area contributed by atoms with Gasteiger partial charge in [-0.2, -0.15) is 0 Å². The maximum atomic E-state index is 11.2. The molecule has 0 radical (unpaired) electrons. The van der Waals surface area contributed by atoms with E-state index in [0.717, 1.165) is 0 Å². The molecule has 0 aromatic rings. The number of nitrogens with two attached hydrogens (primary N) is 1. The molecule has 4 atom stereocenters. The molecule has 4 unspecified atom stereocenters. The maximum absolute atomic E-state index is 11.2. The smallest absolute Gasteiger partial charge is 0.277 e. The Morgan fingerprint density at radius 1 is 1.20 bits per heavy atom. The Labute approximate surface area is 88.9 Å². The third-order valence-corrected chi connectivity index (χ3v) is 3.10. The fourth-order valence-electron chi connectivity index (χ4n) is 2.27. The molecular formula is C10H17NO4. The molecule has 2 aliphatic rings. The minimum Gasteiger partial charge on any atom is -0.367 e. The lowest BCUT2D eigenvalue weighted by Gasteiger charge is -2.27. The van der Waals surface area contributed by atoms with Gasteiger partial charge in [0.1, 0.15) is 12.2 Å². The summed E-state index contributed by atoms with van der Waals surface area (Å²) in [5, 5.41) is 0. The molecule has 2 fully saturated rings. The van der Waals surface area contributed by atoms with Gasteiger partial charge in [0.15, 0.2) is 0 Å². The summed E-state index contributed by atoms with van der Waals surface area (Å²) in [6.45, 7) is 7.30. The molecule has 0 bridgehead atoms. The van der Waals surface area contributed by atoms with Crippen LogP contribution < -0.4 is 5.73 Å². The van der Waals surface area contributed by atoms with E-state index in [9.17, 15) is 4.79 Å². The van der Waals surface area contributed by atoms with Crippen LogP contribution in [-0.2, 0) is 19.0 Å². The highest BCUT2D eigenvalue weighted by atomic mass is 16.8. The first-order valence-corrected chi connectivity index (χ1v) is 5.09. The number of amides is 1. The molecular weight excluding hydrogens is 198 g/mol. The van der Waals surface area contributed by atoms with E-state index in [2.05, 4.69) is 0 Å². The molecule has 0 aromatic carbocycles. The summed E-state index contributed by atoms with van der Waals surface area (Å²) in [4.78, 5) is 11.2. The van der Waals surface area contributed by atoms with Crippen molar-refractivity contribution in [2.75, 3.05) is 0 Å². The van der Waals surface area contributed by atoms with Crippen LogP contribution in [-0.4, -0.2) is 35.6 Å². The average Bonchev–Trinajstić information content (AvgIpc) is 2.52. The van der Waals surface area contributed by atoms with Crippen LogP contribution in [0.4, 0.5) is 0 Å². The van der Waals surface area contributed by atoms with Gasteiger partial charge in [-0.25, -0.2) is 0 Å². The zero-order valence-corrected chi connectivity index (χ0v) is 9.44. The van der Waals surface area contributed by atoms with Crippen molar-refractivity contribution in [1.82, 2.24) is 0 Å². The molecule has 2 rings (SSSR count). The second-order valence-electron chi connectivity index (χ2n) is 4.86. The topological polar surface area (TPSA) is 70.8 Å². The highest BCUT2D eigenvalue weighted by molar-refractivity contribution is 5.81. The fourth-order valence-corrected chi connectivity index (χ4v) is 2.27. The van der Waals surface area contributed by atoms with Gasteiger partial charge in [0.05, 0.1) is 11.7 Å². The van der Waals surface area contributed by atoms with E-state index in [1.807, 2.05) is 20.8 Å². The normalized spacial score (nSPS) is 47.9. The van der Waals surface area contributed by atoms with Gasteiger partial charge >= 0.3 is 0 Å². The summed E-state index contributed by atoms with van der Waals surface area (Å²) in [5.41, 5.74) is 4.79. The molecule has 2 N–H and O–H groups in total. The maximum Gasteiger partial charge on any atom is 0.277 e. The van der Waals surface area contributed by atoms with Gasteiger partial charge in [-0.1, -0.05) is 0 Å². The Kier molecular flexibility index (Phi) is 2.12. The third kappa shape index (κ3) is 1.46. The van der Waals surface area contributed by atoms with E-state index < -0.39 is 17.3 Å². The second-order valence-corrected chi connectivity index (χ2v) is 4.86. The molecule has 5 heteroatoms. The van der Waals surface area contributed by atoms with Crippen molar-refractivity contribution < 1.29 is 19.0 Å². The van der Waals surface area contributed by atoms with Crippen LogP contribution in [0.15, 0.2) is 0 Å². The van der Waals surface area contributed by atoms with Crippen molar-refractivity contribution in [3.8, 4) is 0 Å². The van der Waals surface area contributed by atoms with Crippen LogP contribution in [0.3, 0.4) is 0 Å². The van der Waals surface area contributed by atoms with E-state index in [1.165, 1.54) is 0 Å². The molecule has 5 nitrogen and oxygen atoms in total. The van der Waals surface area contributed by atoms with Gasteiger partial charge < -0.3 is 19.9 Å². The van der Waals surface area contributed by atoms with E-state index >= 15 is 0 Å². The van der Waals surface area contributed by atoms with Crippen molar-refractivity contribution in [3.63, 3.8) is 0 Å². The minimum absolute atomic E-state index is 0.0915. The van der Waals surface area contributed by atoms with E-state index in [1.54, 1.807) is 6.92 Å². The first-order valence-electron chi connectivity index (χ1n) is 5.09. The third-order valence-electron chi connectivity index (χ3n) is 3.10. The number of primary amides is 1. The van der Waals surface area contributed by atoms with Crippen LogP contribution in [0.2, 0.25) is 0 Å². The van der Waals surface area contributed by atoms with Crippen LogP contribution in [0.25, 0.3) is 0 Å². The van der Waals surface area contributed by atoms with Crippen molar-refractivity contribution in [2.24, 2.45) is 5.73 Å². The van der Waals surface area contributed by atoms with Gasteiger partial charge in [-0.3, -0.25) is 4.79 Å². The molecule has 2 aliphatic heterocycles. The molecule has 15 heavy (non-hydrogen) atoms. The number of hydrogen-bond acceptors (Lipinski definition) is 4. The molecule has 86 valence electrons. The predicted octanol–water partition coefficient (Wildman–Crippen LogP) is 0.169.